The van der Waals surface area contributed by atoms with Gasteiger partial charge in [0.25, 0.3) is 0 Å². The summed E-state index contributed by atoms with van der Waals surface area (Å²) < 4.78 is 38.4. The summed E-state index contributed by atoms with van der Waals surface area (Å²) in [5, 5.41) is 9.44. The molecule has 1 N–H and O–H groups in total. The van der Waals surface area contributed by atoms with Gasteiger partial charge in [-0.2, -0.15) is 4.31 Å². The van der Waals surface area contributed by atoms with Crippen molar-refractivity contribution in [3.05, 3.63) is 17.7 Å². The molecule has 8 nitrogen and oxygen atoms in total. The van der Waals surface area contributed by atoms with Gasteiger partial charge in [0, 0.05) is 25.7 Å². The van der Waals surface area contributed by atoms with Crippen LogP contribution in [0.2, 0.25) is 0 Å². The molecule has 0 aromatic heterocycles. The molecule has 2 aliphatic rings. The highest BCUT2D eigenvalue weighted by atomic mass is 32.2. The second kappa shape index (κ2) is 8.04. The number of rotatable bonds is 7. The number of aromatic carboxylic acids is 1. The Bertz CT molecular complexity index is 810. The minimum absolute atomic E-state index is 0.0632. The van der Waals surface area contributed by atoms with E-state index in [1.807, 2.05) is 7.05 Å². The van der Waals surface area contributed by atoms with E-state index in [1.54, 1.807) is 0 Å². The van der Waals surface area contributed by atoms with E-state index in [0.29, 0.717) is 13.1 Å². The van der Waals surface area contributed by atoms with Gasteiger partial charge in [-0.05, 0) is 38.4 Å². The minimum atomic E-state index is -3.79. The fraction of sp³-hybridized carbons (Fsp3) is 0.611. The van der Waals surface area contributed by atoms with Crippen LogP contribution in [-0.4, -0.2) is 75.1 Å². The summed E-state index contributed by atoms with van der Waals surface area (Å²) in [4.78, 5) is 13.7. The van der Waals surface area contributed by atoms with Crippen molar-refractivity contribution in [1.82, 2.24) is 9.21 Å². The summed E-state index contributed by atoms with van der Waals surface area (Å²) in [5.74, 6) is -0.715. The molecule has 27 heavy (non-hydrogen) atoms. The SMILES string of the molecule is CCCN(C)CC1CCN(S(=O)(=O)c2cc3c(c(C(=O)O)c2)OCCO3)C1. The quantitative estimate of drug-likeness (QED) is 0.744. The van der Waals surface area contributed by atoms with Crippen molar-refractivity contribution in [3.8, 4) is 11.5 Å². The molecular weight excluding hydrogens is 372 g/mol. The molecule has 1 aromatic carbocycles. The number of hydrogen-bond donors (Lipinski definition) is 1. The van der Waals surface area contributed by atoms with E-state index in [2.05, 4.69) is 11.8 Å². The molecule has 1 aromatic rings. The molecule has 0 radical (unpaired) electrons. The number of carboxylic acids is 1. The number of carbonyl (C=O) groups is 1. The van der Waals surface area contributed by atoms with E-state index in [1.165, 1.54) is 16.4 Å². The van der Waals surface area contributed by atoms with Crippen molar-refractivity contribution in [2.24, 2.45) is 5.92 Å². The molecular formula is C18H26N2O6S. The van der Waals surface area contributed by atoms with Crippen LogP contribution in [0.25, 0.3) is 0 Å². The molecule has 1 atom stereocenters. The summed E-state index contributed by atoms with van der Waals surface area (Å²) in [6.07, 6.45) is 1.85. The predicted octanol–water partition coefficient (Wildman–Crippen LogP) is 1.51. The second-order valence-corrected chi connectivity index (χ2v) is 9.02. The third-order valence-corrected chi connectivity index (χ3v) is 6.75. The van der Waals surface area contributed by atoms with Crippen molar-refractivity contribution < 1.29 is 27.8 Å². The van der Waals surface area contributed by atoms with Crippen LogP contribution in [0.4, 0.5) is 0 Å². The Morgan fingerprint density at radius 1 is 1.33 bits per heavy atom. The van der Waals surface area contributed by atoms with Gasteiger partial charge in [0.15, 0.2) is 11.5 Å². The van der Waals surface area contributed by atoms with Crippen LogP contribution in [0.15, 0.2) is 17.0 Å². The summed E-state index contributed by atoms with van der Waals surface area (Å²) in [6, 6.07) is 2.54. The lowest BCUT2D eigenvalue weighted by molar-refractivity contribution is 0.0685. The number of sulfonamides is 1. The maximum Gasteiger partial charge on any atom is 0.339 e. The lowest BCUT2D eigenvalue weighted by atomic mass is 10.1. The van der Waals surface area contributed by atoms with Crippen LogP contribution in [0.1, 0.15) is 30.1 Å². The largest absolute Gasteiger partial charge is 0.486 e. The number of fused-ring (bicyclic) bond motifs is 1. The number of hydrogen-bond acceptors (Lipinski definition) is 6. The molecule has 3 rings (SSSR count). The Hall–Kier alpha value is -1.84. The molecule has 2 heterocycles. The van der Waals surface area contributed by atoms with Gasteiger partial charge in [-0.3, -0.25) is 0 Å². The van der Waals surface area contributed by atoms with Crippen LogP contribution in [-0.2, 0) is 10.0 Å². The zero-order valence-electron chi connectivity index (χ0n) is 15.7. The highest BCUT2D eigenvalue weighted by Gasteiger charge is 2.35. The number of ether oxygens (including phenoxy) is 2. The van der Waals surface area contributed by atoms with Crippen molar-refractivity contribution >= 4 is 16.0 Å². The fourth-order valence-corrected chi connectivity index (χ4v) is 5.24. The maximum absolute atomic E-state index is 13.1. The van der Waals surface area contributed by atoms with Crippen molar-refractivity contribution in [2.45, 2.75) is 24.7 Å². The van der Waals surface area contributed by atoms with Gasteiger partial charge in [-0.25, -0.2) is 13.2 Å². The van der Waals surface area contributed by atoms with E-state index < -0.39 is 16.0 Å². The lowest BCUT2D eigenvalue weighted by Crippen LogP contribution is -2.32. The van der Waals surface area contributed by atoms with Crippen LogP contribution >= 0.6 is 0 Å². The van der Waals surface area contributed by atoms with E-state index in [0.717, 1.165) is 25.9 Å². The number of nitrogens with zero attached hydrogens (tertiary/aromatic N) is 2. The monoisotopic (exact) mass is 398 g/mol. The Morgan fingerprint density at radius 3 is 2.78 bits per heavy atom. The second-order valence-electron chi connectivity index (χ2n) is 7.08. The summed E-state index contributed by atoms with van der Waals surface area (Å²) >= 11 is 0. The molecule has 0 saturated carbocycles. The third-order valence-electron chi connectivity index (χ3n) is 4.91. The Kier molecular flexibility index (Phi) is 5.92. The molecule has 1 fully saturated rings. The molecule has 0 bridgehead atoms. The van der Waals surface area contributed by atoms with Crippen molar-refractivity contribution in [3.63, 3.8) is 0 Å². The molecule has 2 aliphatic heterocycles. The van der Waals surface area contributed by atoms with Crippen molar-refractivity contribution in [2.75, 3.05) is 46.4 Å². The van der Waals surface area contributed by atoms with Gasteiger partial charge in [0.1, 0.15) is 18.8 Å². The normalized spacial score (nSPS) is 20.2. The Labute approximate surface area is 159 Å². The fourth-order valence-electron chi connectivity index (χ4n) is 3.66. The molecule has 1 saturated heterocycles. The maximum atomic E-state index is 13.1. The molecule has 1 unspecified atom stereocenters. The van der Waals surface area contributed by atoms with Crippen LogP contribution in [0.3, 0.4) is 0 Å². The van der Waals surface area contributed by atoms with Gasteiger partial charge < -0.3 is 19.5 Å². The van der Waals surface area contributed by atoms with Crippen LogP contribution in [0, 0.1) is 5.92 Å². The first kappa shape index (κ1) is 19.9. The third kappa shape index (κ3) is 4.20. The molecule has 0 spiro atoms. The average molecular weight is 398 g/mol. The average Bonchev–Trinajstić information content (AvgIpc) is 3.10. The summed E-state index contributed by atoms with van der Waals surface area (Å²) in [7, 11) is -1.75. The topological polar surface area (TPSA) is 96.4 Å². The van der Waals surface area contributed by atoms with Crippen LogP contribution < -0.4 is 9.47 Å². The zero-order chi connectivity index (χ0) is 19.6. The number of benzene rings is 1. The molecule has 9 heteroatoms. The molecule has 0 aliphatic carbocycles. The zero-order valence-corrected chi connectivity index (χ0v) is 16.5. The first-order valence-electron chi connectivity index (χ1n) is 9.18. The highest BCUT2D eigenvalue weighted by molar-refractivity contribution is 7.89. The van der Waals surface area contributed by atoms with Gasteiger partial charge in [0.05, 0.1) is 4.90 Å². The van der Waals surface area contributed by atoms with Gasteiger partial charge in [-0.15, -0.1) is 0 Å². The molecule has 150 valence electrons. The van der Waals surface area contributed by atoms with Gasteiger partial charge in [0.2, 0.25) is 10.0 Å². The summed E-state index contributed by atoms with van der Waals surface area (Å²) in [6.45, 7) is 5.30. The predicted molar refractivity (Wildman–Crippen MR) is 99.0 cm³/mol. The first-order valence-corrected chi connectivity index (χ1v) is 10.6. The van der Waals surface area contributed by atoms with Gasteiger partial charge >= 0.3 is 5.97 Å². The van der Waals surface area contributed by atoms with Crippen molar-refractivity contribution in [1.29, 1.82) is 0 Å². The Morgan fingerprint density at radius 2 is 2.07 bits per heavy atom. The standard InChI is InChI=1S/C18H26N2O6S/c1-3-5-19(2)11-13-4-6-20(12-13)27(23,24)14-9-15(18(21)22)17-16(10-14)25-7-8-26-17/h9-10,13H,3-8,11-12H2,1-2H3,(H,21,22). The summed E-state index contributed by atoms with van der Waals surface area (Å²) in [5.41, 5.74) is -0.191. The van der Waals surface area contributed by atoms with E-state index >= 15 is 0 Å². The van der Waals surface area contributed by atoms with E-state index in [-0.39, 0.29) is 41.1 Å². The molecule has 0 amide bonds. The minimum Gasteiger partial charge on any atom is -0.486 e. The van der Waals surface area contributed by atoms with E-state index in [9.17, 15) is 18.3 Å². The first-order chi connectivity index (χ1) is 12.8. The smallest absolute Gasteiger partial charge is 0.339 e. The van der Waals surface area contributed by atoms with E-state index in [4.69, 9.17) is 9.47 Å². The number of carboxylic acid groups (broad SMARTS) is 1. The van der Waals surface area contributed by atoms with Gasteiger partial charge in [-0.1, -0.05) is 6.92 Å². The Balaban J connectivity index is 1.83. The van der Waals surface area contributed by atoms with Crippen LogP contribution in [0.5, 0.6) is 11.5 Å². The lowest BCUT2D eigenvalue weighted by Gasteiger charge is -2.23. The highest BCUT2D eigenvalue weighted by Crippen LogP contribution is 2.38.